The van der Waals surface area contributed by atoms with Gasteiger partial charge in [0, 0.05) is 56.9 Å². The standard InChI is InChI=1S/C27H32F3N9O2S/c1-18-11-19(14-36(2)3)5-6-23(18)39-15-20(12-33-39)25-22(27(28,29)30)13-31-26(35-25)34-21-7-9-38(10-8-21)42(40,41)24-16-37(4)17-32-24/h5-6,11-13,15-17,21H,7-10,14H2,1-4H3,(H,31,34,35). The van der Waals surface area contributed by atoms with E-state index in [9.17, 15) is 21.6 Å². The molecule has 0 aliphatic carbocycles. The molecule has 0 bridgehead atoms. The molecule has 1 N–H and O–H groups in total. The lowest BCUT2D eigenvalue weighted by molar-refractivity contribution is -0.137. The van der Waals surface area contributed by atoms with Crippen LogP contribution in [0.1, 0.15) is 29.5 Å². The van der Waals surface area contributed by atoms with Gasteiger partial charge >= 0.3 is 6.18 Å². The SMILES string of the molecule is Cc1cc(CN(C)C)ccc1-n1cc(-c2nc(NC3CCN(S(=O)(=O)c4cn(C)cn4)CC3)ncc2C(F)(F)F)cn1. The Morgan fingerprint density at radius 1 is 1.10 bits per heavy atom. The van der Waals surface area contributed by atoms with Crippen LogP contribution in [0.3, 0.4) is 0 Å². The number of anilines is 1. The fraction of sp³-hybridized carbons (Fsp3) is 0.407. The summed E-state index contributed by atoms with van der Waals surface area (Å²) in [5, 5.41) is 7.40. The Labute approximate surface area is 242 Å². The average molecular weight is 604 g/mol. The van der Waals surface area contributed by atoms with Crippen molar-refractivity contribution in [1.29, 1.82) is 0 Å². The molecule has 0 radical (unpaired) electrons. The monoisotopic (exact) mass is 603 g/mol. The van der Waals surface area contributed by atoms with E-state index in [4.69, 9.17) is 0 Å². The number of aryl methyl sites for hydroxylation is 2. The van der Waals surface area contributed by atoms with Gasteiger partial charge < -0.3 is 14.8 Å². The summed E-state index contributed by atoms with van der Waals surface area (Å²) in [6, 6.07) is 5.65. The molecular formula is C27H32F3N9O2S. The highest BCUT2D eigenvalue weighted by molar-refractivity contribution is 7.89. The van der Waals surface area contributed by atoms with Crippen molar-refractivity contribution >= 4 is 16.0 Å². The first-order valence-electron chi connectivity index (χ1n) is 13.3. The lowest BCUT2D eigenvalue weighted by atomic mass is 10.1. The second-order valence-electron chi connectivity index (χ2n) is 10.7. The van der Waals surface area contributed by atoms with Crippen molar-refractivity contribution in [1.82, 2.24) is 38.5 Å². The van der Waals surface area contributed by atoms with E-state index in [0.29, 0.717) is 12.8 Å². The molecule has 4 heterocycles. The van der Waals surface area contributed by atoms with Crippen molar-refractivity contribution in [2.45, 2.75) is 43.6 Å². The average Bonchev–Trinajstić information content (AvgIpc) is 3.58. The van der Waals surface area contributed by atoms with Crippen molar-refractivity contribution in [3.63, 3.8) is 0 Å². The van der Waals surface area contributed by atoms with Gasteiger partial charge in [-0.15, -0.1) is 0 Å². The largest absolute Gasteiger partial charge is 0.419 e. The normalized spacial score (nSPS) is 15.4. The molecule has 4 aromatic rings. The molecule has 15 heteroatoms. The zero-order valence-corrected chi connectivity index (χ0v) is 24.5. The van der Waals surface area contributed by atoms with Crippen LogP contribution in [0.4, 0.5) is 19.1 Å². The molecule has 3 aromatic heterocycles. The summed E-state index contributed by atoms with van der Waals surface area (Å²) < 4.78 is 72.1. The predicted molar refractivity (Wildman–Crippen MR) is 150 cm³/mol. The number of piperidine rings is 1. The van der Waals surface area contributed by atoms with Gasteiger partial charge in [0.05, 0.1) is 23.9 Å². The van der Waals surface area contributed by atoms with E-state index >= 15 is 0 Å². The highest BCUT2D eigenvalue weighted by Crippen LogP contribution is 2.36. The van der Waals surface area contributed by atoms with Crippen molar-refractivity contribution in [2.75, 3.05) is 32.5 Å². The van der Waals surface area contributed by atoms with Crippen molar-refractivity contribution < 1.29 is 21.6 Å². The van der Waals surface area contributed by atoms with Crippen LogP contribution in [0, 0.1) is 6.92 Å². The molecular weight excluding hydrogens is 571 g/mol. The summed E-state index contributed by atoms with van der Waals surface area (Å²) in [5.41, 5.74) is 1.73. The van der Waals surface area contributed by atoms with Gasteiger partial charge in [0.15, 0.2) is 5.03 Å². The lowest BCUT2D eigenvalue weighted by Gasteiger charge is -2.31. The summed E-state index contributed by atoms with van der Waals surface area (Å²) >= 11 is 0. The molecule has 1 aliphatic rings. The summed E-state index contributed by atoms with van der Waals surface area (Å²) in [7, 11) is 1.91. The fourth-order valence-electron chi connectivity index (χ4n) is 4.97. The molecule has 1 fully saturated rings. The minimum atomic E-state index is -4.68. The molecule has 1 aromatic carbocycles. The van der Waals surface area contributed by atoms with Crippen LogP contribution >= 0.6 is 0 Å². The van der Waals surface area contributed by atoms with E-state index < -0.39 is 21.8 Å². The smallest absolute Gasteiger partial charge is 0.351 e. The Hall–Kier alpha value is -3.82. The number of sulfonamides is 1. The molecule has 1 saturated heterocycles. The van der Waals surface area contributed by atoms with Crippen LogP contribution < -0.4 is 5.32 Å². The minimum Gasteiger partial charge on any atom is -0.351 e. The maximum atomic E-state index is 14.0. The predicted octanol–water partition coefficient (Wildman–Crippen LogP) is 3.72. The van der Waals surface area contributed by atoms with Gasteiger partial charge in [-0.1, -0.05) is 12.1 Å². The Kier molecular flexibility index (Phi) is 8.09. The van der Waals surface area contributed by atoms with E-state index in [1.165, 1.54) is 33.9 Å². The summed E-state index contributed by atoms with van der Waals surface area (Å²) in [6.07, 6.45) is 2.69. The summed E-state index contributed by atoms with van der Waals surface area (Å²) in [5.74, 6) is 0.0287. The number of rotatable bonds is 8. The lowest BCUT2D eigenvalue weighted by Crippen LogP contribution is -2.42. The maximum Gasteiger partial charge on any atom is 0.419 e. The van der Waals surface area contributed by atoms with Gasteiger partial charge in [-0.3, -0.25) is 0 Å². The van der Waals surface area contributed by atoms with Crippen LogP contribution in [0.2, 0.25) is 0 Å². The van der Waals surface area contributed by atoms with Crippen molar-refractivity contribution in [3.05, 3.63) is 66.0 Å². The Morgan fingerprint density at radius 2 is 1.83 bits per heavy atom. The van der Waals surface area contributed by atoms with E-state index in [1.54, 1.807) is 11.6 Å². The number of nitrogens with zero attached hydrogens (tertiary/aromatic N) is 8. The van der Waals surface area contributed by atoms with Crippen molar-refractivity contribution in [3.8, 4) is 16.9 Å². The zero-order chi connectivity index (χ0) is 30.2. The first-order chi connectivity index (χ1) is 19.8. The third-order valence-electron chi connectivity index (χ3n) is 7.03. The second kappa shape index (κ2) is 11.5. The first-order valence-corrected chi connectivity index (χ1v) is 14.7. The molecule has 1 aliphatic heterocycles. The second-order valence-corrected chi connectivity index (χ2v) is 12.6. The number of nitrogens with one attached hydrogen (secondary N) is 1. The molecule has 0 atom stereocenters. The van der Waals surface area contributed by atoms with E-state index in [2.05, 4.69) is 25.4 Å². The number of imidazole rings is 1. The van der Waals surface area contributed by atoms with Gasteiger partial charge in [0.25, 0.3) is 10.0 Å². The summed E-state index contributed by atoms with van der Waals surface area (Å²) in [4.78, 5) is 14.2. The van der Waals surface area contributed by atoms with Crippen LogP contribution in [0.15, 0.2) is 54.3 Å². The van der Waals surface area contributed by atoms with Gasteiger partial charge in [-0.2, -0.15) is 22.6 Å². The number of alkyl halides is 3. The molecule has 5 rings (SSSR count). The van der Waals surface area contributed by atoms with E-state index in [-0.39, 0.29) is 41.4 Å². The molecule has 0 saturated carbocycles. The van der Waals surface area contributed by atoms with Crippen LogP contribution in [0.5, 0.6) is 0 Å². The molecule has 0 amide bonds. The quantitative estimate of drug-likeness (QED) is 0.324. The molecule has 0 spiro atoms. The van der Waals surface area contributed by atoms with E-state index in [0.717, 1.165) is 29.6 Å². The molecule has 11 nitrogen and oxygen atoms in total. The Bertz CT molecular complexity index is 1670. The van der Waals surface area contributed by atoms with Gasteiger partial charge in [-0.05, 0) is 51.1 Å². The fourth-order valence-corrected chi connectivity index (χ4v) is 6.41. The van der Waals surface area contributed by atoms with E-state index in [1.807, 2.05) is 44.1 Å². The number of halogens is 3. The number of benzene rings is 1. The van der Waals surface area contributed by atoms with Gasteiger partial charge in [0.2, 0.25) is 5.95 Å². The van der Waals surface area contributed by atoms with Crippen LogP contribution in [-0.2, 0) is 29.8 Å². The third kappa shape index (κ3) is 6.32. The minimum absolute atomic E-state index is 0.0210. The van der Waals surface area contributed by atoms with Crippen molar-refractivity contribution in [2.24, 2.45) is 7.05 Å². The number of aromatic nitrogens is 6. The highest BCUT2D eigenvalue weighted by atomic mass is 32.2. The Morgan fingerprint density at radius 3 is 2.45 bits per heavy atom. The van der Waals surface area contributed by atoms with Gasteiger partial charge in [-0.25, -0.2) is 28.1 Å². The highest BCUT2D eigenvalue weighted by Gasteiger charge is 2.36. The Balaban J connectivity index is 1.35. The number of hydrogen-bond donors (Lipinski definition) is 1. The molecule has 224 valence electrons. The maximum absolute atomic E-state index is 14.0. The first kappa shape index (κ1) is 29.7. The molecule has 0 unspecified atom stereocenters. The molecule has 42 heavy (non-hydrogen) atoms. The summed E-state index contributed by atoms with van der Waals surface area (Å²) in [6.45, 7) is 3.14. The van der Waals surface area contributed by atoms with Crippen LogP contribution in [-0.4, -0.2) is 80.1 Å². The zero-order valence-electron chi connectivity index (χ0n) is 23.7. The topological polar surface area (TPSA) is 114 Å². The van der Waals surface area contributed by atoms with Gasteiger partial charge in [0.1, 0.15) is 5.56 Å². The third-order valence-corrected chi connectivity index (χ3v) is 8.81. The van der Waals surface area contributed by atoms with Crippen LogP contribution in [0.25, 0.3) is 16.9 Å². The number of hydrogen-bond acceptors (Lipinski definition) is 8.